The fourth-order valence-corrected chi connectivity index (χ4v) is 6.01. The summed E-state index contributed by atoms with van der Waals surface area (Å²) >= 11 is 0. The number of benzene rings is 2. The number of aromatic nitrogens is 3. The molecule has 0 radical (unpaired) electrons. The highest BCUT2D eigenvalue weighted by molar-refractivity contribution is 5.89. The molecule has 0 unspecified atom stereocenters. The minimum absolute atomic E-state index is 0.0668. The summed E-state index contributed by atoms with van der Waals surface area (Å²) in [5.41, 5.74) is 1.14. The van der Waals surface area contributed by atoms with Crippen molar-refractivity contribution in [1.82, 2.24) is 30.3 Å². The van der Waals surface area contributed by atoms with Gasteiger partial charge in [-0.25, -0.2) is 4.79 Å². The molecule has 2 aromatic carbocycles. The molecule has 11 nitrogen and oxygen atoms in total. The van der Waals surface area contributed by atoms with Gasteiger partial charge in [0.15, 0.2) is 0 Å². The van der Waals surface area contributed by atoms with Gasteiger partial charge in [-0.2, -0.15) is 0 Å². The van der Waals surface area contributed by atoms with Gasteiger partial charge in [0.2, 0.25) is 11.8 Å². The van der Waals surface area contributed by atoms with E-state index in [1.807, 2.05) is 84.0 Å². The summed E-state index contributed by atoms with van der Waals surface area (Å²) in [5, 5.41) is 25.4. The molecule has 3 N–H and O–H groups in total. The number of nitrogens with one attached hydrogen (secondary N) is 2. The summed E-state index contributed by atoms with van der Waals surface area (Å²) in [4.78, 5) is 42.5. The van der Waals surface area contributed by atoms with Crippen LogP contribution in [0, 0.1) is 11.8 Å². The molecule has 3 amide bonds. The number of piperidine rings is 1. The highest BCUT2D eigenvalue weighted by Crippen LogP contribution is 2.24. The van der Waals surface area contributed by atoms with Gasteiger partial charge in [0.05, 0.1) is 12.1 Å². The predicted molar refractivity (Wildman–Crippen MR) is 179 cm³/mol. The second-order valence-corrected chi connectivity index (χ2v) is 13.8. The fourth-order valence-electron chi connectivity index (χ4n) is 6.01. The largest absolute Gasteiger partial charge is 0.444 e. The topological polar surface area (TPSA) is 139 Å². The van der Waals surface area contributed by atoms with E-state index in [0.717, 1.165) is 24.0 Å². The van der Waals surface area contributed by atoms with Crippen molar-refractivity contribution >= 4 is 17.9 Å². The van der Waals surface area contributed by atoms with Crippen molar-refractivity contribution in [2.45, 2.75) is 96.6 Å². The molecule has 1 fully saturated rings. The van der Waals surface area contributed by atoms with Crippen LogP contribution in [0.1, 0.15) is 71.0 Å². The first kappa shape index (κ1) is 35.6. The van der Waals surface area contributed by atoms with Crippen molar-refractivity contribution in [3.05, 3.63) is 84.4 Å². The number of ether oxygens (including phenoxy) is 1. The normalized spacial score (nSPS) is 16.6. The molecular formula is C36H50N6O5. The molecule has 3 aromatic rings. The van der Waals surface area contributed by atoms with Crippen LogP contribution in [-0.4, -0.2) is 79.6 Å². The minimum atomic E-state index is -1.08. The molecule has 47 heavy (non-hydrogen) atoms. The molecule has 0 spiro atoms. The first-order valence-corrected chi connectivity index (χ1v) is 16.6. The molecule has 1 aromatic heterocycles. The van der Waals surface area contributed by atoms with E-state index in [2.05, 4.69) is 20.8 Å². The zero-order valence-electron chi connectivity index (χ0n) is 28.2. The van der Waals surface area contributed by atoms with Gasteiger partial charge in [-0.3, -0.25) is 9.59 Å². The molecule has 0 aliphatic carbocycles. The number of hydrogen-bond acceptors (Lipinski definition) is 7. The molecular weight excluding hydrogens is 596 g/mol. The van der Waals surface area contributed by atoms with Gasteiger partial charge < -0.3 is 29.9 Å². The summed E-state index contributed by atoms with van der Waals surface area (Å²) in [6.45, 7) is 10.3. The third-order valence-electron chi connectivity index (χ3n) is 8.55. The highest BCUT2D eigenvalue weighted by Gasteiger charge is 2.35. The van der Waals surface area contributed by atoms with Crippen molar-refractivity contribution in [2.75, 3.05) is 13.1 Å². The molecule has 254 valence electrons. The number of rotatable bonds is 13. The number of aliphatic hydroxyl groups is 1. The SMILES string of the molecule is CC(C)[C@H](NC(=O)[C@@H](Cc1ccccc1)C[C@H](O)[C@@H](Cc1ccccc1)NC(=O)OC(C)(C)C)C(=O)N1CCC(n2cnnc2)CC1. The summed E-state index contributed by atoms with van der Waals surface area (Å²) in [6.07, 6.45) is 4.01. The van der Waals surface area contributed by atoms with E-state index >= 15 is 0 Å². The zero-order chi connectivity index (χ0) is 34.0. The number of carbonyl (C=O) groups excluding carboxylic acids is 3. The Labute approximate surface area is 278 Å². The van der Waals surface area contributed by atoms with Crippen LogP contribution in [0.2, 0.25) is 0 Å². The van der Waals surface area contributed by atoms with Crippen LogP contribution in [0.4, 0.5) is 4.79 Å². The molecule has 2 heterocycles. The van der Waals surface area contributed by atoms with Crippen molar-refractivity contribution in [2.24, 2.45) is 11.8 Å². The molecule has 0 bridgehead atoms. The maximum absolute atomic E-state index is 14.1. The first-order valence-electron chi connectivity index (χ1n) is 16.6. The van der Waals surface area contributed by atoms with Crippen molar-refractivity contribution in [1.29, 1.82) is 0 Å². The Morgan fingerprint density at radius 2 is 1.45 bits per heavy atom. The van der Waals surface area contributed by atoms with Crippen molar-refractivity contribution in [3.8, 4) is 0 Å². The lowest BCUT2D eigenvalue weighted by atomic mass is 9.88. The number of hydrogen-bond donors (Lipinski definition) is 3. The minimum Gasteiger partial charge on any atom is -0.444 e. The second-order valence-electron chi connectivity index (χ2n) is 13.8. The third kappa shape index (κ3) is 10.9. The highest BCUT2D eigenvalue weighted by atomic mass is 16.6. The van der Waals surface area contributed by atoms with E-state index in [0.29, 0.717) is 25.9 Å². The smallest absolute Gasteiger partial charge is 0.407 e. The Morgan fingerprint density at radius 3 is 1.98 bits per heavy atom. The molecule has 1 saturated heterocycles. The fraction of sp³-hybridized carbons (Fsp3) is 0.528. The number of aliphatic hydroxyl groups excluding tert-OH is 1. The molecule has 4 rings (SSSR count). The third-order valence-corrected chi connectivity index (χ3v) is 8.55. The maximum atomic E-state index is 14.1. The van der Waals surface area contributed by atoms with E-state index in [9.17, 15) is 19.5 Å². The maximum Gasteiger partial charge on any atom is 0.407 e. The number of alkyl carbamates (subject to hydrolysis) is 1. The lowest BCUT2D eigenvalue weighted by molar-refractivity contribution is -0.140. The molecule has 1 aliphatic heterocycles. The molecule has 4 atom stereocenters. The van der Waals surface area contributed by atoms with Crippen molar-refractivity contribution in [3.63, 3.8) is 0 Å². The number of carbonyl (C=O) groups is 3. The summed E-state index contributed by atoms with van der Waals surface area (Å²) < 4.78 is 7.48. The molecule has 11 heteroatoms. The quantitative estimate of drug-likeness (QED) is 0.251. The summed E-state index contributed by atoms with van der Waals surface area (Å²) in [5.74, 6) is -1.23. The van der Waals surface area contributed by atoms with Gasteiger partial charge in [-0.15, -0.1) is 10.2 Å². The zero-order valence-corrected chi connectivity index (χ0v) is 28.2. The second kappa shape index (κ2) is 16.5. The van der Waals surface area contributed by atoms with Crippen LogP contribution in [0.15, 0.2) is 73.3 Å². The van der Waals surface area contributed by atoms with Crippen LogP contribution in [0.3, 0.4) is 0 Å². The Bertz CT molecular complexity index is 1400. The van der Waals surface area contributed by atoms with Crippen LogP contribution in [0.5, 0.6) is 0 Å². The van der Waals surface area contributed by atoms with Gasteiger partial charge in [-0.05, 0) is 69.9 Å². The summed E-state index contributed by atoms with van der Waals surface area (Å²) in [7, 11) is 0. The average Bonchev–Trinajstić information content (AvgIpc) is 3.58. The van der Waals surface area contributed by atoms with Gasteiger partial charge in [-0.1, -0.05) is 74.5 Å². The van der Waals surface area contributed by atoms with Gasteiger partial charge in [0.1, 0.15) is 24.3 Å². The van der Waals surface area contributed by atoms with E-state index in [1.165, 1.54) is 0 Å². The van der Waals surface area contributed by atoms with Crippen LogP contribution in [-0.2, 0) is 27.2 Å². The molecule has 0 saturated carbocycles. The number of likely N-dealkylation sites (tertiary alicyclic amines) is 1. The van der Waals surface area contributed by atoms with E-state index in [-0.39, 0.29) is 30.2 Å². The van der Waals surface area contributed by atoms with Crippen LogP contribution < -0.4 is 10.6 Å². The number of nitrogens with zero attached hydrogens (tertiary/aromatic N) is 4. The average molecular weight is 647 g/mol. The Morgan fingerprint density at radius 1 is 0.894 bits per heavy atom. The Hall–Kier alpha value is -4.25. The van der Waals surface area contributed by atoms with Gasteiger partial charge in [0, 0.05) is 25.0 Å². The van der Waals surface area contributed by atoms with E-state index < -0.39 is 35.8 Å². The van der Waals surface area contributed by atoms with Gasteiger partial charge >= 0.3 is 6.09 Å². The van der Waals surface area contributed by atoms with E-state index in [1.54, 1.807) is 33.4 Å². The van der Waals surface area contributed by atoms with Gasteiger partial charge in [0.25, 0.3) is 0 Å². The standard InChI is InChI=1S/C36H50N6O5/c1-25(2)32(34(45)41-18-16-29(17-19-41)42-23-37-38-24-42)40-33(44)28(20-26-12-8-6-9-13-26)22-31(43)30(21-27-14-10-7-11-15-27)39-35(46)47-36(3,4)5/h6-15,23-25,28-32,43H,16-22H2,1-5H3,(H,39,46)(H,40,44)/t28-,30+,31-,32-/m0/s1. The first-order chi connectivity index (χ1) is 22.4. The van der Waals surface area contributed by atoms with E-state index in [4.69, 9.17) is 4.74 Å². The monoisotopic (exact) mass is 646 g/mol. The lowest BCUT2D eigenvalue weighted by Gasteiger charge is -2.36. The Kier molecular flexibility index (Phi) is 12.5. The Balaban J connectivity index is 1.50. The molecule has 1 aliphatic rings. The van der Waals surface area contributed by atoms with Crippen molar-refractivity contribution < 1.29 is 24.2 Å². The van der Waals surface area contributed by atoms with Crippen LogP contribution >= 0.6 is 0 Å². The number of amides is 3. The predicted octanol–water partition coefficient (Wildman–Crippen LogP) is 4.33. The lowest BCUT2D eigenvalue weighted by Crippen LogP contribution is -2.54. The summed E-state index contributed by atoms with van der Waals surface area (Å²) in [6, 6.07) is 18.0. The van der Waals surface area contributed by atoms with Crippen LogP contribution in [0.25, 0.3) is 0 Å².